The summed E-state index contributed by atoms with van der Waals surface area (Å²) >= 11 is 11.6. The quantitative estimate of drug-likeness (QED) is 0.904. The van der Waals surface area contributed by atoms with Crippen molar-refractivity contribution < 1.29 is 19.1 Å². The molecule has 1 heterocycles. The largest absolute Gasteiger partial charge is 0.478 e. The van der Waals surface area contributed by atoms with Crippen LogP contribution in [0.1, 0.15) is 20.8 Å². The van der Waals surface area contributed by atoms with Gasteiger partial charge in [-0.25, -0.2) is 14.2 Å². The van der Waals surface area contributed by atoms with Gasteiger partial charge in [-0.05, 0) is 24.3 Å². The Morgan fingerprint density at radius 2 is 1.95 bits per heavy atom. The lowest BCUT2D eigenvalue weighted by atomic mass is 10.1. The fourth-order valence-electron chi connectivity index (χ4n) is 1.56. The third kappa shape index (κ3) is 3.48. The lowest BCUT2D eigenvalue weighted by Gasteiger charge is -2.10. The molecule has 0 unspecified atom stereocenters. The number of hydrogen-bond donors (Lipinski definition) is 2. The predicted molar refractivity (Wildman–Crippen MR) is 75.6 cm³/mol. The lowest BCUT2D eigenvalue weighted by Crippen LogP contribution is -2.16. The number of pyridine rings is 1. The summed E-state index contributed by atoms with van der Waals surface area (Å²) in [7, 11) is 0. The highest BCUT2D eigenvalue weighted by molar-refractivity contribution is 6.38. The maximum Gasteiger partial charge on any atom is 0.337 e. The first-order chi connectivity index (χ1) is 9.88. The molecule has 1 aromatic carbocycles. The molecule has 0 saturated carbocycles. The fourth-order valence-corrected chi connectivity index (χ4v) is 2.10. The fraction of sp³-hybridized carbons (Fsp3) is 0. The van der Waals surface area contributed by atoms with E-state index < -0.39 is 17.7 Å². The van der Waals surface area contributed by atoms with Crippen LogP contribution in [0.5, 0.6) is 0 Å². The number of halogens is 3. The van der Waals surface area contributed by atoms with Gasteiger partial charge >= 0.3 is 5.97 Å². The molecule has 0 atom stereocenters. The number of anilines is 1. The summed E-state index contributed by atoms with van der Waals surface area (Å²) in [6.45, 7) is 0. The van der Waals surface area contributed by atoms with Crippen LogP contribution in [0.25, 0.3) is 0 Å². The van der Waals surface area contributed by atoms with Crippen molar-refractivity contribution in [3.63, 3.8) is 0 Å². The summed E-state index contributed by atoms with van der Waals surface area (Å²) in [6, 6.07) is 4.67. The van der Waals surface area contributed by atoms with Crippen LogP contribution in [0.15, 0.2) is 30.5 Å². The normalized spacial score (nSPS) is 10.2. The minimum atomic E-state index is -1.30. The number of hydrogen-bond acceptors (Lipinski definition) is 3. The van der Waals surface area contributed by atoms with E-state index in [0.717, 1.165) is 24.4 Å². The zero-order valence-electron chi connectivity index (χ0n) is 10.2. The minimum Gasteiger partial charge on any atom is -0.478 e. The third-order valence-corrected chi connectivity index (χ3v) is 3.00. The number of nitrogens with one attached hydrogen (secondary N) is 1. The lowest BCUT2D eigenvalue weighted by molar-refractivity contribution is 0.0698. The topological polar surface area (TPSA) is 79.3 Å². The Labute approximate surface area is 128 Å². The van der Waals surface area contributed by atoms with Gasteiger partial charge in [-0.15, -0.1) is 0 Å². The molecular weight excluding hydrogens is 322 g/mol. The zero-order chi connectivity index (χ0) is 15.6. The number of carbonyl (C=O) groups excluding carboxylic acids is 1. The van der Waals surface area contributed by atoms with Gasteiger partial charge in [0.2, 0.25) is 0 Å². The van der Waals surface area contributed by atoms with Crippen molar-refractivity contribution in [1.29, 1.82) is 0 Å². The molecule has 0 spiro atoms. The van der Waals surface area contributed by atoms with E-state index in [1.165, 1.54) is 6.07 Å². The van der Waals surface area contributed by atoms with Crippen LogP contribution in [0.2, 0.25) is 10.0 Å². The van der Waals surface area contributed by atoms with E-state index in [2.05, 4.69) is 10.3 Å². The number of aromatic nitrogens is 1. The summed E-state index contributed by atoms with van der Waals surface area (Å²) in [6.07, 6.45) is 0.872. The first-order valence-corrected chi connectivity index (χ1v) is 6.29. The van der Waals surface area contributed by atoms with E-state index in [-0.39, 0.29) is 27.0 Å². The minimum absolute atomic E-state index is 0.0321. The number of benzene rings is 1. The molecule has 21 heavy (non-hydrogen) atoms. The molecule has 0 fully saturated rings. The summed E-state index contributed by atoms with van der Waals surface area (Å²) in [5, 5.41) is 11.5. The third-order valence-electron chi connectivity index (χ3n) is 2.48. The number of nitrogens with zero attached hydrogens (tertiary/aromatic N) is 1. The van der Waals surface area contributed by atoms with Gasteiger partial charge in [0.25, 0.3) is 5.91 Å². The van der Waals surface area contributed by atoms with Gasteiger partial charge in [-0.2, -0.15) is 0 Å². The molecule has 2 rings (SSSR count). The van der Waals surface area contributed by atoms with Gasteiger partial charge in [0.1, 0.15) is 11.5 Å². The maximum atomic E-state index is 12.7. The van der Waals surface area contributed by atoms with Crippen molar-refractivity contribution in [2.45, 2.75) is 0 Å². The van der Waals surface area contributed by atoms with E-state index in [0.29, 0.717) is 0 Å². The Morgan fingerprint density at radius 3 is 2.52 bits per heavy atom. The van der Waals surface area contributed by atoms with Gasteiger partial charge in [0.15, 0.2) is 0 Å². The Balaban J connectivity index is 2.37. The molecule has 5 nitrogen and oxygen atoms in total. The molecule has 1 amide bonds. The van der Waals surface area contributed by atoms with Crippen LogP contribution >= 0.6 is 23.2 Å². The van der Waals surface area contributed by atoms with Crippen LogP contribution in [-0.2, 0) is 0 Å². The molecule has 0 radical (unpaired) electrons. The molecule has 0 aliphatic rings. The number of carboxylic acid groups (broad SMARTS) is 1. The van der Waals surface area contributed by atoms with Gasteiger partial charge < -0.3 is 10.4 Å². The Kier molecular flexibility index (Phi) is 4.40. The van der Waals surface area contributed by atoms with E-state index in [4.69, 9.17) is 28.3 Å². The van der Waals surface area contributed by atoms with Crippen molar-refractivity contribution in [2.24, 2.45) is 0 Å². The molecule has 0 bridgehead atoms. The van der Waals surface area contributed by atoms with E-state index in [1.807, 2.05) is 0 Å². The molecule has 0 aliphatic carbocycles. The first-order valence-electron chi connectivity index (χ1n) is 5.53. The molecule has 0 aliphatic heterocycles. The molecule has 2 aromatic rings. The summed E-state index contributed by atoms with van der Waals surface area (Å²) in [4.78, 5) is 26.7. The second-order valence-corrected chi connectivity index (χ2v) is 4.77. The second kappa shape index (κ2) is 6.07. The summed E-state index contributed by atoms with van der Waals surface area (Å²) < 4.78 is 12.7. The molecule has 1 aromatic heterocycles. The van der Waals surface area contributed by atoms with E-state index in [9.17, 15) is 14.0 Å². The highest BCUT2D eigenvalue weighted by Crippen LogP contribution is 2.30. The predicted octanol–water partition coefficient (Wildman–Crippen LogP) is 3.48. The van der Waals surface area contributed by atoms with E-state index >= 15 is 0 Å². The van der Waals surface area contributed by atoms with Crippen LogP contribution in [0, 0.1) is 5.82 Å². The van der Waals surface area contributed by atoms with E-state index in [1.54, 1.807) is 0 Å². The molecule has 8 heteroatoms. The van der Waals surface area contributed by atoms with Crippen LogP contribution in [-0.4, -0.2) is 22.0 Å². The number of aromatic carboxylic acids is 1. The Hall–Kier alpha value is -2.18. The van der Waals surface area contributed by atoms with Crippen molar-refractivity contribution in [3.8, 4) is 0 Å². The zero-order valence-corrected chi connectivity index (χ0v) is 11.7. The van der Waals surface area contributed by atoms with Crippen molar-refractivity contribution in [2.75, 3.05) is 5.32 Å². The first kappa shape index (κ1) is 15.2. The highest BCUT2D eigenvalue weighted by atomic mass is 35.5. The van der Waals surface area contributed by atoms with Crippen molar-refractivity contribution >= 4 is 40.8 Å². The van der Waals surface area contributed by atoms with Gasteiger partial charge in [-0.1, -0.05) is 23.2 Å². The number of carboxylic acids is 1. The monoisotopic (exact) mass is 328 g/mol. The smallest absolute Gasteiger partial charge is 0.337 e. The average Bonchev–Trinajstić information content (AvgIpc) is 2.41. The number of rotatable bonds is 3. The molecule has 108 valence electrons. The van der Waals surface area contributed by atoms with Gasteiger partial charge in [0, 0.05) is 5.02 Å². The Morgan fingerprint density at radius 1 is 1.24 bits per heavy atom. The highest BCUT2D eigenvalue weighted by Gasteiger charge is 2.18. The molecule has 2 N–H and O–H groups in total. The number of carbonyl (C=O) groups is 2. The maximum absolute atomic E-state index is 12.7. The Bertz CT molecular complexity index is 720. The van der Waals surface area contributed by atoms with Crippen LogP contribution < -0.4 is 5.32 Å². The second-order valence-electron chi connectivity index (χ2n) is 3.93. The summed E-state index contributed by atoms with van der Waals surface area (Å²) in [5.74, 6) is -2.62. The molecule has 0 saturated heterocycles. The number of amides is 1. The van der Waals surface area contributed by atoms with Gasteiger partial charge in [-0.3, -0.25) is 4.79 Å². The van der Waals surface area contributed by atoms with Crippen LogP contribution in [0.4, 0.5) is 10.1 Å². The standard InChI is InChI=1S/C13H7Cl2FN2O3/c14-6-3-8(13(20)21)11(9(15)4-6)18-12(19)10-2-1-7(16)5-17-10/h1-5H,(H,18,19)(H,20,21). The average molecular weight is 329 g/mol. The van der Waals surface area contributed by atoms with Crippen LogP contribution in [0.3, 0.4) is 0 Å². The summed E-state index contributed by atoms with van der Waals surface area (Å²) in [5.41, 5.74) is -0.452. The van der Waals surface area contributed by atoms with Crippen molar-refractivity contribution in [1.82, 2.24) is 4.98 Å². The van der Waals surface area contributed by atoms with Gasteiger partial charge in [0.05, 0.1) is 22.5 Å². The molecular formula is C13H7Cl2FN2O3. The SMILES string of the molecule is O=C(Nc1c(Cl)cc(Cl)cc1C(=O)O)c1ccc(F)cn1. The van der Waals surface area contributed by atoms with Crippen molar-refractivity contribution in [3.05, 3.63) is 57.6 Å².